The molecule has 1 aliphatic rings. The minimum Gasteiger partial charge on any atom is -0.383 e. The van der Waals surface area contributed by atoms with Crippen molar-refractivity contribution in [2.24, 2.45) is 0 Å². The van der Waals surface area contributed by atoms with Gasteiger partial charge >= 0.3 is 0 Å². The molecule has 152 valence electrons. The first kappa shape index (κ1) is 19.8. The van der Waals surface area contributed by atoms with Crippen LogP contribution >= 0.6 is 11.3 Å². The van der Waals surface area contributed by atoms with E-state index in [-0.39, 0.29) is 11.7 Å². The molecule has 0 aliphatic carbocycles. The highest BCUT2D eigenvalue weighted by molar-refractivity contribution is 7.93. The molecule has 0 atom stereocenters. The van der Waals surface area contributed by atoms with Crippen molar-refractivity contribution in [2.75, 3.05) is 41.8 Å². The fraction of sp³-hybridized carbons (Fsp3) is 0.300. The van der Waals surface area contributed by atoms with Gasteiger partial charge < -0.3 is 4.74 Å². The number of nitrogens with zero attached hydrogens (tertiary/aromatic N) is 3. The van der Waals surface area contributed by atoms with Gasteiger partial charge in [-0.15, -0.1) is 0 Å². The summed E-state index contributed by atoms with van der Waals surface area (Å²) in [5.41, 5.74) is 1.77. The van der Waals surface area contributed by atoms with Gasteiger partial charge in [-0.1, -0.05) is 29.5 Å². The van der Waals surface area contributed by atoms with Gasteiger partial charge in [0.1, 0.15) is 0 Å². The number of sulfonamides is 1. The zero-order chi connectivity index (χ0) is 20.4. The summed E-state index contributed by atoms with van der Waals surface area (Å²) in [4.78, 5) is 19.5. The van der Waals surface area contributed by atoms with Gasteiger partial charge in [-0.05, 0) is 36.8 Å². The van der Waals surface area contributed by atoms with Crippen molar-refractivity contribution < 1.29 is 17.9 Å². The largest absolute Gasteiger partial charge is 0.383 e. The number of rotatable bonds is 6. The molecule has 0 bridgehead atoms. The van der Waals surface area contributed by atoms with Gasteiger partial charge in [0.25, 0.3) is 5.91 Å². The molecule has 2 heterocycles. The Kier molecular flexibility index (Phi) is 5.53. The minimum absolute atomic E-state index is 0.136. The standard InChI is InChI=1S/C20H21N3O4S2/c1-27-12-11-22(20-21-17-8-2-3-9-18(17)28-20)19(24)15-6-4-7-16(14-15)23-10-5-13-29(23,25)26/h2-4,6-9,14H,5,10-13H2,1H3. The second-order valence-corrected chi connectivity index (χ2v) is 9.73. The van der Waals surface area contributed by atoms with Crippen LogP contribution in [0.15, 0.2) is 48.5 Å². The molecule has 1 aromatic heterocycles. The first-order chi connectivity index (χ1) is 14.0. The minimum atomic E-state index is -3.31. The predicted molar refractivity (Wildman–Crippen MR) is 115 cm³/mol. The SMILES string of the molecule is COCCN(C(=O)c1cccc(N2CCCS2(=O)=O)c1)c1nc2ccccc2s1. The average Bonchev–Trinajstić information content (AvgIpc) is 3.30. The number of fused-ring (bicyclic) bond motifs is 1. The quantitative estimate of drug-likeness (QED) is 0.599. The second-order valence-electron chi connectivity index (χ2n) is 6.71. The van der Waals surface area contributed by atoms with Gasteiger partial charge in [-0.3, -0.25) is 14.0 Å². The molecule has 2 aromatic carbocycles. The Morgan fingerprint density at radius 3 is 2.79 bits per heavy atom. The zero-order valence-electron chi connectivity index (χ0n) is 15.9. The van der Waals surface area contributed by atoms with E-state index < -0.39 is 10.0 Å². The first-order valence-corrected chi connectivity index (χ1v) is 11.7. The number of thiazole rings is 1. The highest BCUT2D eigenvalue weighted by atomic mass is 32.2. The van der Waals surface area contributed by atoms with E-state index in [0.29, 0.717) is 42.5 Å². The number of benzene rings is 2. The first-order valence-electron chi connectivity index (χ1n) is 9.26. The summed E-state index contributed by atoms with van der Waals surface area (Å²) < 4.78 is 32.0. The molecule has 0 saturated carbocycles. The van der Waals surface area contributed by atoms with Gasteiger partial charge in [0.05, 0.1) is 34.8 Å². The maximum Gasteiger partial charge on any atom is 0.260 e. The Morgan fingerprint density at radius 2 is 2.07 bits per heavy atom. The van der Waals surface area contributed by atoms with E-state index in [0.717, 1.165) is 10.2 Å². The number of hydrogen-bond acceptors (Lipinski definition) is 6. The number of hydrogen-bond donors (Lipinski definition) is 0. The summed E-state index contributed by atoms with van der Waals surface area (Å²) in [5, 5.41) is 0.590. The lowest BCUT2D eigenvalue weighted by atomic mass is 10.1. The third-order valence-electron chi connectivity index (χ3n) is 4.76. The van der Waals surface area contributed by atoms with Gasteiger partial charge in [-0.25, -0.2) is 13.4 Å². The zero-order valence-corrected chi connectivity index (χ0v) is 17.6. The van der Waals surface area contributed by atoms with Crippen LogP contribution in [0.5, 0.6) is 0 Å². The van der Waals surface area contributed by atoms with Gasteiger partial charge in [0.2, 0.25) is 10.0 Å². The number of methoxy groups -OCH3 is 1. The van der Waals surface area contributed by atoms with Crippen LogP contribution < -0.4 is 9.21 Å². The Hall–Kier alpha value is -2.49. The van der Waals surface area contributed by atoms with E-state index in [9.17, 15) is 13.2 Å². The Morgan fingerprint density at radius 1 is 1.24 bits per heavy atom. The Balaban J connectivity index is 1.68. The number of carbonyl (C=O) groups excluding carboxylic acids is 1. The van der Waals surface area contributed by atoms with E-state index in [1.165, 1.54) is 15.6 Å². The molecule has 1 aliphatic heterocycles. The molecule has 0 spiro atoms. The molecule has 0 radical (unpaired) electrons. The summed E-state index contributed by atoms with van der Waals surface area (Å²) in [7, 11) is -1.73. The molecule has 1 saturated heterocycles. The van der Waals surface area contributed by atoms with Crippen molar-refractivity contribution in [3.05, 3.63) is 54.1 Å². The molecule has 1 amide bonds. The van der Waals surface area contributed by atoms with E-state index in [4.69, 9.17) is 4.74 Å². The second kappa shape index (κ2) is 8.10. The highest BCUT2D eigenvalue weighted by Gasteiger charge is 2.29. The lowest BCUT2D eigenvalue weighted by Crippen LogP contribution is -2.34. The van der Waals surface area contributed by atoms with Crippen molar-refractivity contribution in [3.8, 4) is 0 Å². The number of ether oxygens (including phenoxy) is 1. The fourth-order valence-electron chi connectivity index (χ4n) is 3.32. The molecule has 3 aromatic rings. The van der Waals surface area contributed by atoms with E-state index in [1.807, 2.05) is 24.3 Å². The average molecular weight is 432 g/mol. The molecule has 4 rings (SSSR count). The molecule has 7 nitrogen and oxygen atoms in total. The van der Waals surface area contributed by atoms with Crippen molar-refractivity contribution in [1.29, 1.82) is 0 Å². The van der Waals surface area contributed by atoms with Crippen LogP contribution in [-0.2, 0) is 14.8 Å². The topological polar surface area (TPSA) is 79.8 Å². The number of anilines is 2. The molecule has 1 fully saturated rings. The molecule has 0 N–H and O–H groups in total. The van der Waals surface area contributed by atoms with E-state index in [2.05, 4.69) is 4.98 Å². The third kappa shape index (κ3) is 3.98. The molecular formula is C20H21N3O4S2. The van der Waals surface area contributed by atoms with Gasteiger partial charge in [0, 0.05) is 19.2 Å². The van der Waals surface area contributed by atoms with Crippen molar-refractivity contribution in [1.82, 2.24) is 4.98 Å². The van der Waals surface area contributed by atoms with Crippen LogP contribution in [0.25, 0.3) is 10.2 Å². The molecule has 29 heavy (non-hydrogen) atoms. The number of amides is 1. The van der Waals surface area contributed by atoms with Crippen LogP contribution in [0.3, 0.4) is 0 Å². The summed E-state index contributed by atoms with van der Waals surface area (Å²) in [6.45, 7) is 1.15. The van der Waals surface area contributed by atoms with Crippen molar-refractivity contribution in [2.45, 2.75) is 6.42 Å². The van der Waals surface area contributed by atoms with Gasteiger partial charge in [0.15, 0.2) is 5.13 Å². The molecule has 0 unspecified atom stereocenters. The summed E-state index contributed by atoms with van der Waals surface area (Å²) in [5.74, 6) is -0.101. The summed E-state index contributed by atoms with van der Waals surface area (Å²) in [6.07, 6.45) is 0.589. The normalized spacial score (nSPS) is 15.7. The molecular weight excluding hydrogens is 410 g/mol. The van der Waals surface area contributed by atoms with Crippen LogP contribution in [0, 0.1) is 0 Å². The van der Waals surface area contributed by atoms with E-state index in [1.54, 1.807) is 36.3 Å². The third-order valence-corrected chi connectivity index (χ3v) is 7.69. The van der Waals surface area contributed by atoms with Crippen molar-refractivity contribution >= 4 is 48.3 Å². The highest BCUT2D eigenvalue weighted by Crippen LogP contribution is 2.30. The predicted octanol–water partition coefficient (Wildman–Crippen LogP) is 3.13. The van der Waals surface area contributed by atoms with Crippen LogP contribution in [0.4, 0.5) is 10.8 Å². The van der Waals surface area contributed by atoms with Crippen molar-refractivity contribution in [3.63, 3.8) is 0 Å². The Bertz CT molecular complexity index is 1110. The molecule has 9 heteroatoms. The van der Waals surface area contributed by atoms with Gasteiger partial charge in [-0.2, -0.15) is 0 Å². The number of carbonyl (C=O) groups is 1. The monoisotopic (exact) mass is 431 g/mol. The maximum absolute atomic E-state index is 13.3. The number of para-hydroxylation sites is 1. The number of aromatic nitrogens is 1. The smallest absolute Gasteiger partial charge is 0.260 e. The summed E-state index contributed by atoms with van der Waals surface area (Å²) >= 11 is 1.44. The van der Waals surface area contributed by atoms with Crippen LogP contribution in [-0.4, -0.2) is 51.9 Å². The lowest BCUT2D eigenvalue weighted by molar-refractivity contribution is 0.0976. The lowest BCUT2D eigenvalue weighted by Gasteiger charge is -2.21. The Labute approximate surface area is 173 Å². The maximum atomic E-state index is 13.3. The van der Waals surface area contributed by atoms with Crippen LogP contribution in [0.1, 0.15) is 16.8 Å². The van der Waals surface area contributed by atoms with E-state index >= 15 is 0 Å². The fourth-order valence-corrected chi connectivity index (χ4v) is 5.87. The summed E-state index contributed by atoms with van der Waals surface area (Å²) in [6, 6.07) is 14.5. The van der Waals surface area contributed by atoms with Crippen LogP contribution in [0.2, 0.25) is 0 Å².